The van der Waals surface area contributed by atoms with Gasteiger partial charge >= 0.3 is 0 Å². The Kier molecular flexibility index (Phi) is 3.80. The molecule has 0 aliphatic carbocycles. The summed E-state index contributed by atoms with van der Waals surface area (Å²) < 4.78 is 11.1. The van der Waals surface area contributed by atoms with Gasteiger partial charge in [0, 0.05) is 22.7 Å². The minimum Gasteiger partial charge on any atom is -0.486 e. The van der Waals surface area contributed by atoms with E-state index in [0.717, 1.165) is 27.0 Å². The van der Waals surface area contributed by atoms with Gasteiger partial charge in [0.1, 0.15) is 18.2 Å². The van der Waals surface area contributed by atoms with Gasteiger partial charge in [-0.3, -0.25) is 0 Å². The number of hydrogen-bond donors (Lipinski definition) is 1. The van der Waals surface area contributed by atoms with E-state index in [2.05, 4.69) is 4.98 Å². The summed E-state index contributed by atoms with van der Waals surface area (Å²) in [5, 5.41) is 0.930. The fraction of sp³-hybridized carbons (Fsp3) is 0.267. The Morgan fingerprint density at radius 2 is 2.00 bits per heavy atom. The lowest BCUT2D eigenvalue weighted by molar-refractivity contribution is 0.171. The van der Waals surface area contributed by atoms with Crippen molar-refractivity contribution >= 4 is 11.8 Å². The first-order valence-corrected chi connectivity index (χ1v) is 7.33. The average Bonchev–Trinajstić information content (AvgIpc) is 2.47. The molecule has 2 aromatic rings. The number of benzene rings is 1. The number of rotatable bonds is 3. The van der Waals surface area contributed by atoms with E-state index in [0.29, 0.717) is 13.2 Å². The van der Waals surface area contributed by atoms with Crippen molar-refractivity contribution in [1.82, 2.24) is 4.98 Å². The van der Waals surface area contributed by atoms with Crippen LogP contribution in [0.1, 0.15) is 18.5 Å². The second-order valence-corrected chi connectivity index (χ2v) is 5.66. The highest BCUT2D eigenvalue weighted by Crippen LogP contribution is 2.37. The molecule has 0 radical (unpaired) electrons. The molecule has 0 bridgehead atoms. The van der Waals surface area contributed by atoms with E-state index in [1.54, 1.807) is 18.0 Å². The van der Waals surface area contributed by atoms with Gasteiger partial charge in [0.05, 0.1) is 0 Å². The van der Waals surface area contributed by atoms with Gasteiger partial charge in [-0.2, -0.15) is 0 Å². The van der Waals surface area contributed by atoms with Gasteiger partial charge in [0.15, 0.2) is 11.5 Å². The van der Waals surface area contributed by atoms with Crippen molar-refractivity contribution in [2.75, 3.05) is 13.2 Å². The van der Waals surface area contributed by atoms with Gasteiger partial charge in [-0.15, -0.1) is 0 Å². The first-order valence-electron chi connectivity index (χ1n) is 6.52. The van der Waals surface area contributed by atoms with Crippen LogP contribution in [0.5, 0.6) is 11.5 Å². The summed E-state index contributed by atoms with van der Waals surface area (Å²) >= 11 is 1.59. The minimum absolute atomic E-state index is 0.0385. The van der Waals surface area contributed by atoms with Crippen LogP contribution >= 0.6 is 11.8 Å². The minimum atomic E-state index is -0.0385. The molecule has 104 valence electrons. The second-order valence-electron chi connectivity index (χ2n) is 4.59. The van der Waals surface area contributed by atoms with E-state index in [-0.39, 0.29) is 6.04 Å². The molecule has 1 atom stereocenters. The van der Waals surface area contributed by atoms with E-state index in [1.807, 2.05) is 37.3 Å². The first-order chi connectivity index (χ1) is 9.74. The van der Waals surface area contributed by atoms with Gasteiger partial charge in [-0.05, 0) is 31.2 Å². The van der Waals surface area contributed by atoms with Crippen molar-refractivity contribution in [3.63, 3.8) is 0 Å². The van der Waals surface area contributed by atoms with Crippen molar-refractivity contribution in [2.45, 2.75) is 22.9 Å². The predicted molar refractivity (Wildman–Crippen MR) is 78.4 cm³/mol. The molecule has 1 unspecified atom stereocenters. The van der Waals surface area contributed by atoms with E-state index in [4.69, 9.17) is 15.2 Å². The topological polar surface area (TPSA) is 57.4 Å². The fourth-order valence-corrected chi connectivity index (χ4v) is 3.04. The first kappa shape index (κ1) is 13.3. The van der Waals surface area contributed by atoms with Gasteiger partial charge in [0.25, 0.3) is 0 Å². The molecule has 0 fully saturated rings. The summed E-state index contributed by atoms with van der Waals surface area (Å²) in [6, 6.07) is 9.82. The summed E-state index contributed by atoms with van der Waals surface area (Å²) in [4.78, 5) is 5.48. The van der Waals surface area contributed by atoms with Gasteiger partial charge in [-0.1, -0.05) is 17.8 Å². The Morgan fingerprint density at radius 1 is 1.20 bits per heavy atom. The number of pyridine rings is 1. The molecule has 2 heterocycles. The van der Waals surface area contributed by atoms with Crippen LogP contribution < -0.4 is 15.2 Å². The molecule has 3 rings (SSSR count). The molecule has 1 aliphatic heterocycles. The maximum atomic E-state index is 5.98. The normalized spacial score (nSPS) is 14.9. The number of fused-ring (bicyclic) bond motifs is 1. The number of nitrogens with zero attached hydrogens (tertiary/aromatic N) is 1. The van der Waals surface area contributed by atoms with Crippen molar-refractivity contribution in [2.24, 2.45) is 5.73 Å². The van der Waals surface area contributed by atoms with Crippen LogP contribution in [0.2, 0.25) is 0 Å². The molecule has 4 nitrogen and oxygen atoms in total. The lowest BCUT2D eigenvalue weighted by Crippen LogP contribution is -2.15. The maximum Gasteiger partial charge on any atom is 0.162 e. The molecular weight excluding hydrogens is 272 g/mol. The van der Waals surface area contributed by atoms with Gasteiger partial charge < -0.3 is 15.2 Å². The van der Waals surface area contributed by atoms with Crippen LogP contribution in [0.25, 0.3) is 0 Å². The Morgan fingerprint density at radius 3 is 2.80 bits per heavy atom. The van der Waals surface area contributed by atoms with Crippen LogP contribution in [0.15, 0.2) is 46.5 Å². The Labute approximate surface area is 122 Å². The largest absolute Gasteiger partial charge is 0.486 e. The molecule has 20 heavy (non-hydrogen) atoms. The van der Waals surface area contributed by atoms with Gasteiger partial charge in [-0.25, -0.2) is 4.98 Å². The van der Waals surface area contributed by atoms with Crippen LogP contribution in [-0.2, 0) is 0 Å². The zero-order valence-electron chi connectivity index (χ0n) is 11.2. The molecule has 1 aliphatic rings. The summed E-state index contributed by atoms with van der Waals surface area (Å²) in [7, 11) is 0. The molecular formula is C15H16N2O2S. The third kappa shape index (κ3) is 2.73. The van der Waals surface area contributed by atoms with Crippen molar-refractivity contribution in [1.29, 1.82) is 0 Å². The predicted octanol–water partition coefficient (Wildman–Crippen LogP) is 3.02. The molecule has 0 amide bonds. The van der Waals surface area contributed by atoms with Crippen LogP contribution in [-0.4, -0.2) is 18.2 Å². The van der Waals surface area contributed by atoms with Crippen LogP contribution in [0.4, 0.5) is 0 Å². The Hall–Kier alpha value is -1.72. The molecule has 0 spiro atoms. The number of ether oxygens (including phenoxy) is 2. The molecule has 2 N–H and O–H groups in total. The van der Waals surface area contributed by atoms with Crippen molar-refractivity contribution in [3.05, 3.63) is 42.1 Å². The fourth-order valence-electron chi connectivity index (χ4n) is 2.03. The average molecular weight is 288 g/mol. The van der Waals surface area contributed by atoms with Crippen molar-refractivity contribution in [3.8, 4) is 11.5 Å². The molecule has 0 saturated heterocycles. The molecule has 1 aromatic carbocycles. The quantitative estimate of drug-likeness (QED) is 0.940. The standard InChI is InChI=1S/C15H16N2O2S/c1-10(16)12-3-2-6-17-15(12)20-11-4-5-13-14(9-11)19-8-7-18-13/h2-6,9-10H,7-8,16H2,1H3. The number of aromatic nitrogens is 1. The number of nitrogens with two attached hydrogens (primary N) is 1. The smallest absolute Gasteiger partial charge is 0.162 e. The van der Waals surface area contributed by atoms with E-state index in [1.165, 1.54) is 0 Å². The van der Waals surface area contributed by atoms with Crippen LogP contribution in [0, 0.1) is 0 Å². The van der Waals surface area contributed by atoms with Gasteiger partial charge in [0.2, 0.25) is 0 Å². The Balaban J connectivity index is 1.88. The Bertz CT molecular complexity index is 617. The van der Waals surface area contributed by atoms with Crippen LogP contribution in [0.3, 0.4) is 0 Å². The third-order valence-corrected chi connectivity index (χ3v) is 4.04. The lowest BCUT2D eigenvalue weighted by atomic mass is 10.2. The zero-order valence-corrected chi connectivity index (χ0v) is 12.0. The second kappa shape index (κ2) is 5.73. The summed E-state index contributed by atoms with van der Waals surface area (Å²) in [6.45, 7) is 3.16. The zero-order chi connectivity index (χ0) is 13.9. The molecule has 1 aromatic heterocycles. The highest BCUT2D eigenvalue weighted by atomic mass is 32.2. The van der Waals surface area contributed by atoms with E-state index >= 15 is 0 Å². The lowest BCUT2D eigenvalue weighted by Gasteiger charge is -2.19. The monoisotopic (exact) mass is 288 g/mol. The SMILES string of the molecule is CC(N)c1cccnc1Sc1ccc2c(c1)OCCO2. The summed E-state index contributed by atoms with van der Waals surface area (Å²) in [5.74, 6) is 1.59. The van der Waals surface area contributed by atoms with E-state index < -0.39 is 0 Å². The maximum absolute atomic E-state index is 5.98. The highest BCUT2D eigenvalue weighted by molar-refractivity contribution is 7.99. The number of hydrogen-bond acceptors (Lipinski definition) is 5. The highest BCUT2D eigenvalue weighted by Gasteiger charge is 2.14. The van der Waals surface area contributed by atoms with Crippen molar-refractivity contribution < 1.29 is 9.47 Å². The van der Waals surface area contributed by atoms with E-state index in [9.17, 15) is 0 Å². The molecule has 5 heteroatoms. The summed E-state index contributed by atoms with van der Waals surface area (Å²) in [6.07, 6.45) is 1.78. The summed E-state index contributed by atoms with van der Waals surface area (Å²) in [5.41, 5.74) is 7.03. The third-order valence-electron chi connectivity index (χ3n) is 3.02. The molecule has 0 saturated carbocycles.